The Labute approximate surface area is 99.3 Å². The molecule has 17 heavy (non-hydrogen) atoms. The number of benzene rings is 1. The Balaban J connectivity index is 2.04. The molecule has 2 heterocycles. The first kappa shape index (κ1) is 9.96. The lowest BCUT2D eigenvalue weighted by Crippen LogP contribution is -1.97. The summed E-state index contributed by atoms with van der Waals surface area (Å²) in [6, 6.07) is 8.05. The van der Waals surface area contributed by atoms with E-state index >= 15 is 0 Å². The minimum absolute atomic E-state index is 0.820. The minimum atomic E-state index is 0.820. The Kier molecular flexibility index (Phi) is 2.14. The van der Waals surface area contributed by atoms with E-state index in [1.54, 1.807) is 0 Å². The molecular formula is C13H14N4. The Morgan fingerprint density at radius 1 is 1.29 bits per heavy atom. The van der Waals surface area contributed by atoms with Crippen LogP contribution < -0.4 is 5.73 Å². The Hall–Kier alpha value is -2.23. The predicted molar refractivity (Wildman–Crippen MR) is 68.7 cm³/mol. The van der Waals surface area contributed by atoms with E-state index in [1.165, 1.54) is 5.56 Å². The van der Waals surface area contributed by atoms with Crippen LogP contribution >= 0.6 is 0 Å². The van der Waals surface area contributed by atoms with Crippen molar-refractivity contribution in [3.8, 4) is 0 Å². The van der Waals surface area contributed by atoms with Crippen LogP contribution in [0.15, 0.2) is 42.9 Å². The molecule has 0 aliphatic rings. The van der Waals surface area contributed by atoms with E-state index in [0.29, 0.717) is 0 Å². The van der Waals surface area contributed by atoms with Crippen LogP contribution in [0.3, 0.4) is 0 Å². The molecule has 1 aromatic carbocycles. The third kappa shape index (κ3) is 1.67. The number of aryl methyl sites for hydroxylation is 1. The van der Waals surface area contributed by atoms with Crippen molar-refractivity contribution in [1.29, 1.82) is 0 Å². The number of aromatic nitrogens is 3. The van der Waals surface area contributed by atoms with Crippen LogP contribution in [-0.4, -0.2) is 14.3 Å². The predicted octanol–water partition coefficient (Wildman–Crippen LogP) is 2.01. The number of nitrogens with two attached hydrogens (primary N) is 1. The van der Waals surface area contributed by atoms with Gasteiger partial charge in [-0.3, -0.25) is 4.68 Å². The highest BCUT2D eigenvalue weighted by Gasteiger charge is 2.04. The van der Waals surface area contributed by atoms with Gasteiger partial charge in [0, 0.05) is 36.1 Å². The third-order valence-electron chi connectivity index (χ3n) is 2.96. The SMILES string of the molecule is Cn1cc(Cn2ccc3c(N)cccc32)cn1. The molecule has 4 heteroatoms. The molecule has 0 saturated heterocycles. The average molecular weight is 226 g/mol. The van der Waals surface area contributed by atoms with Crippen molar-refractivity contribution < 1.29 is 0 Å². The van der Waals surface area contributed by atoms with Crippen molar-refractivity contribution in [2.75, 3.05) is 5.73 Å². The number of nitrogen functional groups attached to an aromatic ring is 1. The molecule has 3 aromatic rings. The Bertz CT molecular complexity index is 663. The maximum Gasteiger partial charge on any atom is 0.0539 e. The third-order valence-corrected chi connectivity index (χ3v) is 2.96. The lowest BCUT2D eigenvalue weighted by atomic mass is 10.2. The first-order chi connectivity index (χ1) is 8.24. The molecular weight excluding hydrogens is 212 g/mol. The Morgan fingerprint density at radius 2 is 2.18 bits per heavy atom. The molecule has 0 bridgehead atoms. The van der Waals surface area contributed by atoms with Gasteiger partial charge in [0.05, 0.1) is 18.3 Å². The normalized spacial score (nSPS) is 11.1. The van der Waals surface area contributed by atoms with E-state index < -0.39 is 0 Å². The number of fused-ring (bicyclic) bond motifs is 1. The number of hydrogen-bond acceptors (Lipinski definition) is 2. The lowest BCUT2D eigenvalue weighted by Gasteiger charge is -2.03. The van der Waals surface area contributed by atoms with Crippen LogP contribution in [0.1, 0.15) is 5.56 Å². The fraction of sp³-hybridized carbons (Fsp3) is 0.154. The quantitative estimate of drug-likeness (QED) is 0.679. The second-order valence-electron chi connectivity index (χ2n) is 4.25. The number of rotatable bonds is 2. The molecule has 4 nitrogen and oxygen atoms in total. The van der Waals surface area contributed by atoms with E-state index in [1.807, 2.05) is 36.3 Å². The first-order valence-corrected chi connectivity index (χ1v) is 5.55. The summed E-state index contributed by atoms with van der Waals surface area (Å²) in [6.45, 7) is 0.820. The van der Waals surface area contributed by atoms with Gasteiger partial charge in [0.2, 0.25) is 0 Å². The van der Waals surface area contributed by atoms with Crippen LogP contribution in [0.2, 0.25) is 0 Å². The zero-order chi connectivity index (χ0) is 11.8. The zero-order valence-electron chi connectivity index (χ0n) is 9.67. The minimum Gasteiger partial charge on any atom is -0.398 e. The molecule has 0 radical (unpaired) electrons. The molecule has 0 spiro atoms. The van der Waals surface area contributed by atoms with Gasteiger partial charge >= 0.3 is 0 Å². The molecule has 0 aliphatic carbocycles. The topological polar surface area (TPSA) is 48.8 Å². The van der Waals surface area contributed by atoms with Gasteiger partial charge in [0.15, 0.2) is 0 Å². The van der Waals surface area contributed by atoms with Crippen LogP contribution in [-0.2, 0) is 13.6 Å². The van der Waals surface area contributed by atoms with Crippen molar-refractivity contribution in [1.82, 2.24) is 14.3 Å². The molecule has 3 rings (SSSR count). The second-order valence-corrected chi connectivity index (χ2v) is 4.25. The maximum absolute atomic E-state index is 5.94. The second kappa shape index (κ2) is 3.66. The summed E-state index contributed by atoms with van der Waals surface area (Å²) in [5.41, 5.74) is 9.11. The summed E-state index contributed by atoms with van der Waals surface area (Å²) in [6.07, 6.45) is 5.98. The van der Waals surface area contributed by atoms with Crippen molar-refractivity contribution in [3.05, 3.63) is 48.4 Å². The smallest absolute Gasteiger partial charge is 0.0539 e. The maximum atomic E-state index is 5.94. The van der Waals surface area contributed by atoms with Crippen LogP contribution in [0.25, 0.3) is 10.9 Å². The van der Waals surface area contributed by atoms with Crippen molar-refractivity contribution in [2.24, 2.45) is 7.05 Å². The molecule has 0 unspecified atom stereocenters. The molecule has 86 valence electrons. The largest absolute Gasteiger partial charge is 0.398 e. The van der Waals surface area contributed by atoms with E-state index in [-0.39, 0.29) is 0 Å². The molecule has 2 N–H and O–H groups in total. The van der Waals surface area contributed by atoms with Gasteiger partial charge in [-0.15, -0.1) is 0 Å². The zero-order valence-corrected chi connectivity index (χ0v) is 9.67. The van der Waals surface area contributed by atoms with Crippen molar-refractivity contribution >= 4 is 16.6 Å². The number of nitrogens with zero attached hydrogens (tertiary/aromatic N) is 3. The summed E-state index contributed by atoms with van der Waals surface area (Å²) in [5.74, 6) is 0. The Morgan fingerprint density at radius 3 is 2.94 bits per heavy atom. The van der Waals surface area contributed by atoms with Gasteiger partial charge in [0.1, 0.15) is 0 Å². The van der Waals surface area contributed by atoms with Gasteiger partial charge in [0.25, 0.3) is 0 Å². The summed E-state index contributed by atoms with van der Waals surface area (Å²) < 4.78 is 4.00. The van der Waals surface area contributed by atoms with Crippen LogP contribution in [0.5, 0.6) is 0 Å². The lowest BCUT2D eigenvalue weighted by molar-refractivity contribution is 0.764. The van der Waals surface area contributed by atoms with Gasteiger partial charge in [-0.2, -0.15) is 5.10 Å². The van der Waals surface area contributed by atoms with E-state index in [2.05, 4.69) is 28.0 Å². The van der Waals surface area contributed by atoms with Crippen molar-refractivity contribution in [2.45, 2.75) is 6.54 Å². The monoisotopic (exact) mass is 226 g/mol. The summed E-state index contributed by atoms with van der Waals surface area (Å²) in [5, 5.41) is 5.28. The van der Waals surface area contributed by atoms with Crippen molar-refractivity contribution in [3.63, 3.8) is 0 Å². The molecule has 2 aromatic heterocycles. The summed E-state index contributed by atoms with van der Waals surface area (Å²) >= 11 is 0. The van der Waals surface area contributed by atoms with Gasteiger partial charge < -0.3 is 10.3 Å². The van der Waals surface area contributed by atoms with E-state index in [4.69, 9.17) is 5.73 Å². The number of anilines is 1. The molecule has 0 aliphatic heterocycles. The molecule has 0 atom stereocenters. The first-order valence-electron chi connectivity index (χ1n) is 5.55. The summed E-state index contributed by atoms with van der Waals surface area (Å²) in [7, 11) is 1.93. The van der Waals surface area contributed by atoms with Gasteiger partial charge in [-0.05, 0) is 18.2 Å². The van der Waals surface area contributed by atoms with Gasteiger partial charge in [-0.1, -0.05) is 6.07 Å². The van der Waals surface area contributed by atoms with Crippen LogP contribution in [0, 0.1) is 0 Å². The average Bonchev–Trinajstić information content (AvgIpc) is 2.88. The summed E-state index contributed by atoms with van der Waals surface area (Å²) in [4.78, 5) is 0. The molecule has 0 amide bonds. The van der Waals surface area contributed by atoms with E-state index in [9.17, 15) is 0 Å². The van der Waals surface area contributed by atoms with Gasteiger partial charge in [-0.25, -0.2) is 0 Å². The highest BCUT2D eigenvalue weighted by molar-refractivity contribution is 5.91. The highest BCUT2D eigenvalue weighted by Crippen LogP contribution is 2.22. The number of hydrogen-bond donors (Lipinski definition) is 1. The molecule has 0 saturated carbocycles. The highest BCUT2D eigenvalue weighted by atomic mass is 15.2. The standard InChI is InChI=1S/C13H14N4/c1-16-8-10(7-15-16)9-17-6-5-11-12(14)3-2-4-13(11)17/h2-8H,9,14H2,1H3. The fourth-order valence-electron chi connectivity index (χ4n) is 2.14. The molecule has 0 fully saturated rings. The van der Waals surface area contributed by atoms with E-state index in [0.717, 1.165) is 23.1 Å². The fourth-order valence-corrected chi connectivity index (χ4v) is 2.14. The van der Waals surface area contributed by atoms with Crippen LogP contribution in [0.4, 0.5) is 5.69 Å².